The van der Waals surface area contributed by atoms with Crippen LogP contribution in [-0.4, -0.2) is 55.2 Å². The van der Waals surface area contributed by atoms with Crippen molar-refractivity contribution in [1.29, 1.82) is 0 Å². The second kappa shape index (κ2) is 10.1. The number of carbonyl (C=O) groups excluding carboxylic acids is 2. The van der Waals surface area contributed by atoms with E-state index in [4.69, 9.17) is 9.47 Å². The van der Waals surface area contributed by atoms with E-state index in [1.54, 1.807) is 6.92 Å². The van der Waals surface area contributed by atoms with Crippen molar-refractivity contribution in [3.05, 3.63) is 40.8 Å². The Morgan fingerprint density at radius 1 is 1.16 bits per heavy atom. The van der Waals surface area contributed by atoms with Crippen molar-refractivity contribution in [2.75, 3.05) is 31.6 Å². The number of hydrogen-bond acceptors (Lipinski definition) is 6. The third-order valence-corrected chi connectivity index (χ3v) is 6.34. The van der Waals surface area contributed by atoms with E-state index < -0.39 is 5.97 Å². The van der Waals surface area contributed by atoms with Crippen LogP contribution in [0.4, 0.5) is 5.00 Å². The Morgan fingerprint density at radius 3 is 2.34 bits per heavy atom. The third kappa shape index (κ3) is 5.97. The summed E-state index contributed by atoms with van der Waals surface area (Å²) in [4.78, 5) is 27.7. The lowest BCUT2D eigenvalue weighted by molar-refractivity contribution is -0.121. The van der Waals surface area contributed by atoms with Crippen LogP contribution in [0.2, 0.25) is 0 Å². The van der Waals surface area contributed by atoms with Gasteiger partial charge in [-0.15, -0.1) is 11.3 Å². The molecule has 0 spiro atoms. The van der Waals surface area contributed by atoms with Gasteiger partial charge in [0.1, 0.15) is 10.6 Å². The summed E-state index contributed by atoms with van der Waals surface area (Å²) in [5.41, 5.74) is 3.38. The molecule has 1 fully saturated rings. The van der Waals surface area contributed by atoms with E-state index in [-0.39, 0.29) is 36.7 Å². The maximum Gasteiger partial charge on any atom is 0.341 e. The maximum absolute atomic E-state index is 12.8. The van der Waals surface area contributed by atoms with Gasteiger partial charge in [-0.25, -0.2) is 4.79 Å². The predicted octanol–water partition coefficient (Wildman–Crippen LogP) is 4.94. The highest BCUT2D eigenvalue weighted by Gasteiger charge is 2.26. The molecule has 2 atom stereocenters. The van der Waals surface area contributed by atoms with Gasteiger partial charge in [0.15, 0.2) is 0 Å². The first-order valence-corrected chi connectivity index (χ1v) is 12.0. The predicted molar refractivity (Wildman–Crippen MR) is 129 cm³/mol. The van der Waals surface area contributed by atoms with E-state index in [9.17, 15) is 9.59 Å². The van der Waals surface area contributed by atoms with Crippen molar-refractivity contribution >= 4 is 28.2 Å². The zero-order valence-electron chi connectivity index (χ0n) is 19.9. The molecule has 1 N–H and O–H groups in total. The van der Waals surface area contributed by atoms with Crippen LogP contribution in [0.25, 0.3) is 11.1 Å². The van der Waals surface area contributed by atoms with Crippen molar-refractivity contribution in [3.63, 3.8) is 0 Å². The zero-order valence-corrected chi connectivity index (χ0v) is 20.7. The number of rotatable bonds is 6. The van der Waals surface area contributed by atoms with E-state index in [0.29, 0.717) is 23.7 Å². The number of carbonyl (C=O) groups is 2. The van der Waals surface area contributed by atoms with Crippen molar-refractivity contribution in [2.24, 2.45) is 0 Å². The number of thiophene rings is 1. The van der Waals surface area contributed by atoms with E-state index in [1.165, 1.54) is 16.9 Å². The zero-order chi connectivity index (χ0) is 23.5. The second-order valence-electron chi connectivity index (χ2n) is 9.40. The molecular weight excluding hydrogens is 424 g/mol. The number of ether oxygens (including phenoxy) is 2. The molecule has 1 aliphatic rings. The van der Waals surface area contributed by atoms with Gasteiger partial charge >= 0.3 is 5.97 Å². The molecular formula is C25H34N2O4S. The topological polar surface area (TPSA) is 67.9 Å². The number of morpholine rings is 1. The molecule has 1 aliphatic heterocycles. The van der Waals surface area contributed by atoms with Gasteiger partial charge < -0.3 is 14.8 Å². The van der Waals surface area contributed by atoms with E-state index in [1.807, 2.05) is 31.4 Å². The average Bonchev–Trinajstić information content (AvgIpc) is 3.10. The standard InChI is InChI=1S/C25H34N2O4S/c1-7-30-24(29)22-20(18-8-10-19(11-9-18)25(4,5)6)15-32-23(22)26-21(28)14-27-12-16(2)31-17(3)13-27/h8-11,15-17H,7,12-14H2,1-6H3,(H,26,28)/t16-,17-/m0/s1. The Balaban J connectivity index is 1.83. The lowest BCUT2D eigenvalue weighted by Gasteiger charge is -2.34. The molecule has 2 heterocycles. The molecule has 0 unspecified atom stereocenters. The molecule has 1 saturated heterocycles. The molecule has 32 heavy (non-hydrogen) atoms. The molecule has 1 aromatic heterocycles. The highest BCUT2D eigenvalue weighted by atomic mass is 32.1. The van der Waals surface area contributed by atoms with Crippen LogP contribution < -0.4 is 5.32 Å². The average molecular weight is 459 g/mol. The normalized spacial score (nSPS) is 19.6. The quantitative estimate of drug-likeness (QED) is 0.621. The molecule has 0 saturated carbocycles. The Kier molecular flexibility index (Phi) is 7.75. The van der Waals surface area contributed by atoms with E-state index in [2.05, 4.69) is 43.1 Å². The van der Waals surface area contributed by atoms with Gasteiger partial charge in [0, 0.05) is 24.0 Å². The molecule has 0 radical (unpaired) electrons. The molecule has 6 nitrogen and oxygen atoms in total. The van der Waals surface area contributed by atoms with Gasteiger partial charge in [0.2, 0.25) is 5.91 Å². The Bertz CT molecular complexity index is 936. The molecule has 7 heteroatoms. The first kappa shape index (κ1) is 24.4. The van der Waals surface area contributed by atoms with Crippen LogP contribution in [-0.2, 0) is 19.7 Å². The molecule has 0 aliphatic carbocycles. The second-order valence-corrected chi connectivity index (χ2v) is 10.3. The summed E-state index contributed by atoms with van der Waals surface area (Å²) >= 11 is 1.35. The van der Waals surface area contributed by atoms with Crippen LogP contribution in [0.1, 0.15) is 57.5 Å². The number of nitrogens with one attached hydrogen (secondary N) is 1. The fourth-order valence-corrected chi connectivity index (χ4v) is 4.97. The Labute approximate surface area is 194 Å². The maximum atomic E-state index is 12.8. The minimum atomic E-state index is -0.424. The first-order chi connectivity index (χ1) is 15.1. The van der Waals surface area contributed by atoms with Crippen LogP contribution in [0.3, 0.4) is 0 Å². The lowest BCUT2D eigenvalue weighted by Crippen LogP contribution is -2.48. The number of esters is 1. The lowest BCUT2D eigenvalue weighted by atomic mass is 9.86. The summed E-state index contributed by atoms with van der Waals surface area (Å²) in [6.07, 6.45) is 0.178. The summed E-state index contributed by atoms with van der Waals surface area (Å²) in [7, 11) is 0. The SMILES string of the molecule is CCOC(=O)c1c(-c2ccc(C(C)(C)C)cc2)csc1NC(=O)CN1C[C@H](C)O[C@@H](C)C1. The van der Waals surface area contributed by atoms with Crippen molar-refractivity contribution < 1.29 is 19.1 Å². The van der Waals surface area contributed by atoms with Crippen LogP contribution in [0.5, 0.6) is 0 Å². The summed E-state index contributed by atoms with van der Waals surface area (Å²) in [6.45, 7) is 14.2. The summed E-state index contributed by atoms with van der Waals surface area (Å²) in [6, 6.07) is 8.21. The van der Waals surface area contributed by atoms with Gasteiger partial charge in [-0.1, -0.05) is 45.0 Å². The number of benzene rings is 1. The number of amides is 1. The van der Waals surface area contributed by atoms with Gasteiger partial charge in [-0.2, -0.15) is 0 Å². The monoisotopic (exact) mass is 458 g/mol. The fraction of sp³-hybridized carbons (Fsp3) is 0.520. The number of hydrogen-bond donors (Lipinski definition) is 1. The third-order valence-electron chi connectivity index (χ3n) is 5.45. The van der Waals surface area contributed by atoms with Gasteiger partial charge in [0.25, 0.3) is 0 Å². The molecule has 2 aromatic rings. The highest BCUT2D eigenvalue weighted by molar-refractivity contribution is 7.15. The van der Waals surface area contributed by atoms with Gasteiger partial charge in [-0.3, -0.25) is 9.69 Å². The van der Waals surface area contributed by atoms with Crippen molar-refractivity contribution in [1.82, 2.24) is 4.90 Å². The summed E-state index contributed by atoms with van der Waals surface area (Å²) in [5, 5.41) is 5.38. The Hall–Kier alpha value is -2.22. The van der Waals surface area contributed by atoms with Crippen molar-refractivity contribution in [2.45, 2.75) is 59.2 Å². The number of nitrogens with zero attached hydrogens (tertiary/aromatic N) is 1. The van der Waals surface area contributed by atoms with E-state index >= 15 is 0 Å². The summed E-state index contributed by atoms with van der Waals surface area (Å²) in [5.74, 6) is -0.569. The highest BCUT2D eigenvalue weighted by Crippen LogP contribution is 2.37. The van der Waals surface area contributed by atoms with Gasteiger partial charge in [-0.05, 0) is 37.3 Å². The Morgan fingerprint density at radius 2 is 1.78 bits per heavy atom. The first-order valence-electron chi connectivity index (χ1n) is 11.2. The fourth-order valence-electron chi connectivity index (χ4n) is 4.00. The van der Waals surface area contributed by atoms with Crippen molar-refractivity contribution in [3.8, 4) is 11.1 Å². The number of anilines is 1. The smallest absolute Gasteiger partial charge is 0.341 e. The minimum Gasteiger partial charge on any atom is -0.462 e. The van der Waals surface area contributed by atoms with Crippen LogP contribution in [0.15, 0.2) is 29.6 Å². The minimum absolute atomic E-state index is 0.0464. The molecule has 1 aromatic carbocycles. The largest absolute Gasteiger partial charge is 0.462 e. The van der Waals surface area contributed by atoms with E-state index in [0.717, 1.165) is 11.1 Å². The summed E-state index contributed by atoms with van der Waals surface area (Å²) < 4.78 is 11.1. The van der Waals surface area contributed by atoms with Gasteiger partial charge in [0.05, 0.1) is 25.4 Å². The molecule has 174 valence electrons. The molecule has 1 amide bonds. The van der Waals surface area contributed by atoms with Crippen LogP contribution in [0, 0.1) is 0 Å². The molecule has 3 rings (SSSR count). The molecule has 0 bridgehead atoms. The van der Waals surface area contributed by atoms with Crippen LogP contribution >= 0.6 is 11.3 Å².